The summed E-state index contributed by atoms with van der Waals surface area (Å²) in [6, 6.07) is 8.06. The van der Waals surface area contributed by atoms with Gasteiger partial charge in [-0.05, 0) is 25.1 Å². The molecular weight excluding hydrogens is 381 g/mol. The minimum atomic E-state index is -4.53. The van der Waals surface area contributed by atoms with Crippen molar-refractivity contribution in [3.8, 4) is 5.82 Å². The fourth-order valence-corrected chi connectivity index (χ4v) is 2.88. The van der Waals surface area contributed by atoms with E-state index in [2.05, 4.69) is 4.98 Å². The summed E-state index contributed by atoms with van der Waals surface area (Å²) in [6.07, 6.45) is 0.736. The molecule has 0 bridgehead atoms. The summed E-state index contributed by atoms with van der Waals surface area (Å²) in [6.45, 7) is 1.96. The Labute approximate surface area is 157 Å². The number of halogens is 4. The quantitative estimate of drug-likeness (QED) is 0.447. The molecule has 0 atom stereocenters. The molecule has 140 valence electrons. The van der Waals surface area contributed by atoms with E-state index in [0.29, 0.717) is 11.1 Å². The third-order valence-corrected chi connectivity index (χ3v) is 4.08. The Hall–Kier alpha value is -2.80. The normalized spacial score (nSPS) is 12.0. The second-order valence-corrected chi connectivity index (χ2v) is 5.99. The highest BCUT2D eigenvalue weighted by atomic mass is 35.5. The Bertz CT molecular complexity index is 1030. The third kappa shape index (κ3) is 3.98. The molecule has 0 fully saturated rings. The molecule has 3 aromatic rings. The van der Waals surface area contributed by atoms with Crippen molar-refractivity contribution >= 4 is 34.5 Å². The van der Waals surface area contributed by atoms with Crippen LogP contribution in [0.15, 0.2) is 48.8 Å². The minimum Gasteiger partial charge on any atom is -0.463 e. The van der Waals surface area contributed by atoms with Crippen LogP contribution in [-0.2, 0) is 15.7 Å². The van der Waals surface area contributed by atoms with Crippen LogP contribution >= 0.6 is 11.6 Å². The maximum absolute atomic E-state index is 12.8. The molecule has 2 heterocycles. The lowest BCUT2D eigenvalue weighted by Crippen LogP contribution is -2.07. The van der Waals surface area contributed by atoms with Crippen molar-refractivity contribution in [2.75, 3.05) is 6.61 Å². The molecule has 3 rings (SSSR count). The smallest absolute Gasteiger partial charge is 0.417 e. The van der Waals surface area contributed by atoms with Gasteiger partial charge in [0, 0.05) is 29.4 Å². The average molecular weight is 395 g/mol. The largest absolute Gasteiger partial charge is 0.463 e. The second kappa shape index (κ2) is 7.44. The van der Waals surface area contributed by atoms with Gasteiger partial charge in [-0.1, -0.05) is 29.8 Å². The molecule has 4 nitrogen and oxygen atoms in total. The number of alkyl halides is 3. The number of para-hydroxylation sites is 1. The van der Waals surface area contributed by atoms with E-state index in [1.165, 1.54) is 6.08 Å². The number of esters is 1. The number of rotatable bonds is 4. The molecule has 0 saturated heterocycles. The Morgan fingerprint density at radius 3 is 2.74 bits per heavy atom. The van der Waals surface area contributed by atoms with Gasteiger partial charge in [-0.25, -0.2) is 9.78 Å². The van der Waals surface area contributed by atoms with Crippen molar-refractivity contribution in [1.82, 2.24) is 9.55 Å². The SMILES string of the molecule is CCOC(=O)/C=C\c1cn(-c2ncc(C(F)(F)F)cc2Cl)c2ccccc12. The maximum Gasteiger partial charge on any atom is 0.417 e. The Morgan fingerprint density at radius 2 is 2.07 bits per heavy atom. The van der Waals surface area contributed by atoms with Crippen LogP contribution < -0.4 is 0 Å². The van der Waals surface area contributed by atoms with Gasteiger partial charge >= 0.3 is 12.1 Å². The first-order valence-corrected chi connectivity index (χ1v) is 8.37. The summed E-state index contributed by atoms with van der Waals surface area (Å²) in [5.41, 5.74) is 0.446. The lowest BCUT2D eigenvalue weighted by Gasteiger charge is -2.10. The molecule has 2 aromatic heterocycles. The number of benzene rings is 1. The van der Waals surface area contributed by atoms with E-state index in [-0.39, 0.29) is 17.4 Å². The predicted molar refractivity (Wildman–Crippen MR) is 96.7 cm³/mol. The van der Waals surface area contributed by atoms with Crippen LogP contribution in [0.5, 0.6) is 0 Å². The van der Waals surface area contributed by atoms with E-state index >= 15 is 0 Å². The van der Waals surface area contributed by atoms with E-state index < -0.39 is 17.7 Å². The van der Waals surface area contributed by atoms with Crippen molar-refractivity contribution in [3.05, 3.63) is 65.0 Å². The number of pyridine rings is 1. The van der Waals surface area contributed by atoms with Gasteiger partial charge in [0.25, 0.3) is 0 Å². The van der Waals surface area contributed by atoms with Gasteiger partial charge in [-0.2, -0.15) is 13.2 Å². The Kier molecular flexibility index (Phi) is 5.23. The van der Waals surface area contributed by atoms with Crippen LogP contribution in [0.25, 0.3) is 22.8 Å². The molecule has 0 aliphatic rings. The zero-order valence-electron chi connectivity index (χ0n) is 14.1. The van der Waals surface area contributed by atoms with Crippen molar-refractivity contribution in [3.63, 3.8) is 0 Å². The highest BCUT2D eigenvalue weighted by Gasteiger charge is 2.31. The first-order chi connectivity index (χ1) is 12.8. The molecule has 0 N–H and O–H groups in total. The van der Waals surface area contributed by atoms with Crippen molar-refractivity contribution in [1.29, 1.82) is 0 Å². The zero-order chi connectivity index (χ0) is 19.6. The number of aromatic nitrogens is 2. The van der Waals surface area contributed by atoms with Gasteiger partial charge in [0.1, 0.15) is 0 Å². The predicted octanol–water partition coefficient (Wildman–Crippen LogP) is 5.27. The number of ether oxygens (including phenoxy) is 1. The Morgan fingerprint density at radius 1 is 1.33 bits per heavy atom. The van der Waals surface area contributed by atoms with Crippen molar-refractivity contribution < 1.29 is 22.7 Å². The second-order valence-electron chi connectivity index (χ2n) is 5.58. The number of fused-ring (bicyclic) bond motifs is 1. The first kappa shape index (κ1) is 19.0. The summed E-state index contributed by atoms with van der Waals surface area (Å²) >= 11 is 6.07. The highest BCUT2D eigenvalue weighted by molar-refractivity contribution is 6.32. The van der Waals surface area contributed by atoms with Crippen molar-refractivity contribution in [2.24, 2.45) is 0 Å². The molecule has 0 saturated carbocycles. The van der Waals surface area contributed by atoms with E-state index in [1.807, 2.05) is 12.1 Å². The summed E-state index contributed by atoms with van der Waals surface area (Å²) < 4.78 is 45.0. The molecule has 27 heavy (non-hydrogen) atoms. The summed E-state index contributed by atoms with van der Waals surface area (Å²) in [5, 5.41) is 0.655. The van der Waals surface area contributed by atoms with Gasteiger partial charge in [0.2, 0.25) is 0 Å². The summed E-state index contributed by atoms with van der Waals surface area (Å²) in [7, 11) is 0. The maximum atomic E-state index is 12.8. The molecule has 0 unspecified atom stereocenters. The molecule has 1 aromatic carbocycles. The van der Waals surface area contributed by atoms with E-state index in [1.54, 1.807) is 35.9 Å². The first-order valence-electron chi connectivity index (χ1n) is 7.99. The fraction of sp³-hybridized carbons (Fsp3) is 0.158. The molecule has 0 aliphatic heterocycles. The van der Waals surface area contributed by atoms with Crippen LogP contribution in [0.1, 0.15) is 18.1 Å². The van der Waals surface area contributed by atoms with Crippen LogP contribution in [0.4, 0.5) is 13.2 Å². The van der Waals surface area contributed by atoms with Crippen LogP contribution in [0.2, 0.25) is 5.02 Å². The summed E-state index contributed by atoms with van der Waals surface area (Å²) in [4.78, 5) is 15.5. The molecule has 8 heteroatoms. The van der Waals surface area contributed by atoms with Gasteiger partial charge in [-0.15, -0.1) is 0 Å². The standard InChI is InChI=1S/C19H14ClF3N2O2/c1-2-27-17(26)8-7-12-11-25(16-6-4-3-5-14(12)16)18-15(20)9-13(10-24-18)19(21,22)23/h3-11H,2H2,1H3/b8-7-. The topological polar surface area (TPSA) is 44.1 Å². The number of hydrogen-bond donors (Lipinski definition) is 0. The van der Waals surface area contributed by atoms with E-state index in [0.717, 1.165) is 17.6 Å². The highest BCUT2D eigenvalue weighted by Crippen LogP contribution is 2.33. The van der Waals surface area contributed by atoms with Crippen LogP contribution in [0, 0.1) is 0 Å². The lowest BCUT2D eigenvalue weighted by molar-refractivity contribution is -0.138. The fourth-order valence-electron chi connectivity index (χ4n) is 2.63. The van der Waals surface area contributed by atoms with E-state index in [9.17, 15) is 18.0 Å². The lowest BCUT2D eigenvalue weighted by atomic mass is 10.1. The van der Waals surface area contributed by atoms with Crippen LogP contribution in [-0.4, -0.2) is 22.1 Å². The molecule has 0 amide bonds. The molecule has 0 aliphatic carbocycles. The molecular formula is C19H14ClF3N2O2. The molecule has 0 spiro atoms. The van der Waals surface area contributed by atoms with Gasteiger partial charge in [0.05, 0.1) is 22.7 Å². The number of nitrogens with zero attached hydrogens (tertiary/aromatic N) is 2. The zero-order valence-corrected chi connectivity index (χ0v) is 14.9. The Balaban J connectivity index is 2.09. The third-order valence-electron chi connectivity index (χ3n) is 3.81. The number of carbonyl (C=O) groups is 1. The number of carbonyl (C=O) groups excluding carboxylic acids is 1. The van der Waals surface area contributed by atoms with Crippen molar-refractivity contribution in [2.45, 2.75) is 13.1 Å². The van der Waals surface area contributed by atoms with E-state index in [4.69, 9.17) is 16.3 Å². The average Bonchev–Trinajstić information content (AvgIpc) is 2.98. The number of hydrogen-bond acceptors (Lipinski definition) is 3. The van der Waals surface area contributed by atoms with Crippen LogP contribution in [0.3, 0.4) is 0 Å². The van der Waals surface area contributed by atoms with Gasteiger partial charge < -0.3 is 4.74 Å². The summed E-state index contributed by atoms with van der Waals surface area (Å²) in [5.74, 6) is -0.323. The van der Waals surface area contributed by atoms with Gasteiger partial charge in [-0.3, -0.25) is 4.57 Å². The molecule has 0 radical (unpaired) electrons. The monoisotopic (exact) mass is 394 g/mol. The van der Waals surface area contributed by atoms with Gasteiger partial charge in [0.15, 0.2) is 5.82 Å². The minimum absolute atomic E-state index is 0.133.